The number of para-hydroxylation sites is 1. The summed E-state index contributed by atoms with van der Waals surface area (Å²) in [7, 11) is -2.96. The molecule has 0 aromatic heterocycles. The van der Waals surface area contributed by atoms with Gasteiger partial charge in [-0.2, -0.15) is 0 Å². The fourth-order valence-electron chi connectivity index (χ4n) is 1.87. The fourth-order valence-corrected chi connectivity index (χ4v) is 3.37. The predicted molar refractivity (Wildman–Crippen MR) is 61.7 cm³/mol. The summed E-state index contributed by atoms with van der Waals surface area (Å²) in [5.41, 5.74) is -0.170. The highest BCUT2D eigenvalue weighted by atomic mass is 32.2. The van der Waals surface area contributed by atoms with Crippen LogP contribution in [0.4, 0.5) is 14.5 Å². The molecular formula is C11H13F2NO2S. The zero-order valence-corrected chi connectivity index (χ0v) is 9.93. The quantitative estimate of drug-likeness (QED) is 0.885. The van der Waals surface area contributed by atoms with E-state index in [1.807, 2.05) is 0 Å². The molecule has 94 valence electrons. The Labute approximate surface area is 98.8 Å². The van der Waals surface area contributed by atoms with Crippen LogP contribution in [-0.4, -0.2) is 26.0 Å². The van der Waals surface area contributed by atoms with Crippen LogP contribution in [0.25, 0.3) is 0 Å². The molecule has 3 nitrogen and oxygen atoms in total. The summed E-state index contributed by atoms with van der Waals surface area (Å²) in [5.74, 6) is -1.17. The summed E-state index contributed by atoms with van der Waals surface area (Å²) < 4.78 is 49.1. The number of nitrogens with one attached hydrogen (secondary N) is 1. The van der Waals surface area contributed by atoms with Crippen molar-refractivity contribution in [2.75, 3.05) is 16.8 Å². The van der Waals surface area contributed by atoms with Gasteiger partial charge in [0.15, 0.2) is 0 Å². The van der Waals surface area contributed by atoms with Crippen molar-refractivity contribution in [3.63, 3.8) is 0 Å². The standard InChI is InChI=1S/C11H13F2NO2S/c12-9-2-1-3-10(13)11(9)14-8-4-6-17(15,16)7-5-8/h1-3,8,14H,4-7H2. The molecule has 17 heavy (non-hydrogen) atoms. The summed E-state index contributed by atoms with van der Waals surface area (Å²) in [6.07, 6.45) is 0.770. The number of hydrogen-bond donors (Lipinski definition) is 1. The van der Waals surface area contributed by atoms with E-state index in [-0.39, 0.29) is 23.2 Å². The molecule has 1 aliphatic rings. The number of anilines is 1. The van der Waals surface area contributed by atoms with Gasteiger partial charge < -0.3 is 5.32 Å². The maximum atomic E-state index is 13.3. The molecule has 0 spiro atoms. The summed E-state index contributed by atoms with van der Waals surface area (Å²) in [6.45, 7) is 0. The van der Waals surface area contributed by atoms with Gasteiger partial charge in [0.25, 0.3) is 0 Å². The number of halogens is 2. The molecular weight excluding hydrogens is 248 g/mol. The van der Waals surface area contributed by atoms with E-state index in [1.165, 1.54) is 18.2 Å². The molecule has 0 aliphatic carbocycles. The highest BCUT2D eigenvalue weighted by Gasteiger charge is 2.24. The van der Waals surface area contributed by atoms with Gasteiger partial charge in [0, 0.05) is 6.04 Å². The Hall–Kier alpha value is -1.17. The zero-order chi connectivity index (χ0) is 12.5. The largest absolute Gasteiger partial charge is 0.377 e. The molecule has 0 bridgehead atoms. The van der Waals surface area contributed by atoms with Gasteiger partial charge in [-0.3, -0.25) is 0 Å². The number of hydrogen-bond acceptors (Lipinski definition) is 3. The topological polar surface area (TPSA) is 46.2 Å². The van der Waals surface area contributed by atoms with Crippen LogP contribution >= 0.6 is 0 Å². The Kier molecular flexibility index (Phi) is 3.33. The van der Waals surface area contributed by atoms with E-state index in [1.54, 1.807) is 0 Å². The number of sulfone groups is 1. The Bertz CT molecular complexity index is 482. The van der Waals surface area contributed by atoms with E-state index in [4.69, 9.17) is 0 Å². The monoisotopic (exact) mass is 261 g/mol. The molecule has 0 saturated carbocycles. The smallest absolute Gasteiger partial charge is 0.150 e. The third-order valence-electron chi connectivity index (χ3n) is 2.87. The third kappa shape index (κ3) is 2.94. The summed E-state index contributed by atoms with van der Waals surface area (Å²) >= 11 is 0. The van der Waals surface area contributed by atoms with Crippen molar-refractivity contribution in [3.05, 3.63) is 29.8 Å². The van der Waals surface area contributed by atoms with Crippen molar-refractivity contribution in [2.45, 2.75) is 18.9 Å². The van der Waals surface area contributed by atoms with Gasteiger partial charge in [-0.25, -0.2) is 17.2 Å². The summed E-state index contributed by atoms with van der Waals surface area (Å²) in [5, 5.41) is 2.74. The van der Waals surface area contributed by atoms with E-state index in [9.17, 15) is 17.2 Å². The molecule has 0 radical (unpaired) electrons. The molecule has 0 unspecified atom stereocenters. The second-order valence-electron chi connectivity index (χ2n) is 4.17. The molecule has 0 atom stereocenters. The average Bonchev–Trinajstić information content (AvgIpc) is 2.26. The van der Waals surface area contributed by atoms with Gasteiger partial charge in [0.05, 0.1) is 11.5 Å². The van der Waals surface area contributed by atoms with Crippen LogP contribution < -0.4 is 5.32 Å². The van der Waals surface area contributed by atoms with E-state index in [2.05, 4.69) is 5.32 Å². The molecule has 6 heteroatoms. The first kappa shape index (κ1) is 12.3. The van der Waals surface area contributed by atoms with E-state index < -0.39 is 21.5 Å². The maximum absolute atomic E-state index is 13.3. The molecule has 1 aromatic rings. The molecule has 0 amide bonds. The normalized spacial score (nSPS) is 20.1. The number of benzene rings is 1. The maximum Gasteiger partial charge on any atom is 0.150 e. The molecule has 1 fully saturated rings. The average molecular weight is 261 g/mol. The summed E-state index contributed by atoms with van der Waals surface area (Å²) in [4.78, 5) is 0. The first-order valence-corrected chi connectivity index (χ1v) is 7.21. The lowest BCUT2D eigenvalue weighted by Gasteiger charge is -2.24. The predicted octanol–water partition coefficient (Wildman–Crippen LogP) is 1.95. The third-order valence-corrected chi connectivity index (χ3v) is 4.58. The highest BCUT2D eigenvalue weighted by Crippen LogP contribution is 2.22. The van der Waals surface area contributed by atoms with Crippen molar-refractivity contribution in [1.82, 2.24) is 0 Å². The molecule has 1 heterocycles. The van der Waals surface area contributed by atoms with Crippen LogP contribution in [0.3, 0.4) is 0 Å². The molecule has 2 rings (SSSR count). The van der Waals surface area contributed by atoms with E-state index in [0.29, 0.717) is 12.8 Å². The minimum absolute atomic E-state index is 0.0702. The first-order valence-electron chi connectivity index (χ1n) is 5.39. The van der Waals surface area contributed by atoms with Crippen molar-refractivity contribution < 1.29 is 17.2 Å². The van der Waals surface area contributed by atoms with Gasteiger partial charge in [0.2, 0.25) is 0 Å². The lowest BCUT2D eigenvalue weighted by molar-refractivity contribution is 0.549. The second kappa shape index (κ2) is 4.60. The Morgan fingerprint density at radius 2 is 1.65 bits per heavy atom. The van der Waals surface area contributed by atoms with E-state index >= 15 is 0 Å². The second-order valence-corrected chi connectivity index (χ2v) is 6.47. The SMILES string of the molecule is O=S1(=O)CCC(Nc2c(F)cccc2F)CC1. The zero-order valence-electron chi connectivity index (χ0n) is 9.12. The Morgan fingerprint density at radius 3 is 2.18 bits per heavy atom. The Morgan fingerprint density at radius 1 is 1.12 bits per heavy atom. The molecule has 1 aromatic carbocycles. The Balaban J connectivity index is 2.08. The minimum atomic E-state index is -2.96. The van der Waals surface area contributed by atoms with Gasteiger partial charge in [-0.05, 0) is 25.0 Å². The first-order chi connectivity index (χ1) is 7.98. The van der Waals surface area contributed by atoms with Crippen LogP contribution in [0.1, 0.15) is 12.8 Å². The van der Waals surface area contributed by atoms with Crippen LogP contribution in [-0.2, 0) is 9.84 Å². The molecule has 1 aliphatic heterocycles. The lowest BCUT2D eigenvalue weighted by Crippen LogP contribution is -2.32. The highest BCUT2D eigenvalue weighted by molar-refractivity contribution is 7.91. The minimum Gasteiger partial charge on any atom is -0.377 e. The molecule has 1 N–H and O–H groups in total. The van der Waals surface area contributed by atoms with Crippen LogP contribution in [0, 0.1) is 11.6 Å². The molecule has 1 saturated heterocycles. The summed E-state index contributed by atoms with van der Waals surface area (Å²) in [6, 6.07) is 3.45. The fraction of sp³-hybridized carbons (Fsp3) is 0.455. The van der Waals surface area contributed by atoms with Crippen molar-refractivity contribution >= 4 is 15.5 Å². The van der Waals surface area contributed by atoms with Crippen LogP contribution in [0.15, 0.2) is 18.2 Å². The number of rotatable bonds is 2. The van der Waals surface area contributed by atoms with Crippen molar-refractivity contribution in [3.8, 4) is 0 Å². The van der Waals surface area contributed by atoms with E-state index in [0.717, 1.165) is 0 Å². The van der Waals surface area contributed by atoms with Gasteiger partial charge >= 0.3 is 0 Å². The lowest BCUT2D eigenvalue weighted by atomic mass is 10.1. The van der Waals surface area contributed by atoms with Crippen LogP contribution in [0.2, 0.25) is 0 Å². The van der Waals surface area contributed by atoms with Crippen molar-refractivity contribution in [2.24, 2.45) is 0 Å². The van der Waals surface area contributed by atoms with Gasteiger partial charge in [-0.1, -0.05) is 6.07 Å². The van der Waals surface area contributed by atoms with Crippen molar-refractivity contribution in [1.29, 1.82) is 0 Å². The van der Waals surface area contributed by atoms with Crippen LogP contribution in [0.5, 0.6) is 0 Å². The van der Waals surface area contributed by atoms with Gasteiger partial charge in [-0.15, -0.1) is 0 Å². The van der Waals surface area contributed by atoms with Gasteiger partial charge in [0.1, 0.15) is 27.2 Å².